The molecule has 14 rings (SSSR count). The minimum absolute atomic E-state index is 0.263. The lowest BCUT2D eigenvalue weighted by atomic mass is 9.74. The van der Waals surface area contributed by atoms with Gasteiger partial charge in [-0.05, 0) is 165 Å². The summed E-state index contributed by atoms with van der Waals surface area (Å²) in [7, 11) is 0. The van der Waals surface area contributed by atoms with Crippen LogP contribution in [-0.4, -0.2) is 4.57 Å². The van der Waals surface area contributed by atoms with Crippen LogP contribution < -0.4 is 15.5 Å². The van der Waals surface area contributed by atoms with E-state index in [-0.39, 0.29) is 5.41 Å². The van der Waals surface area contributed by atoms with Crippen molar-refractivity contribution in [2.75, 3.05) is 4.90 Å². The number of anilines is 3. The fourth-order valence-corrected chi connectivity index (χ4v) is 13.7. The topological polar surface area (TPSA) is 8.17 Å². The molecule has 0 saturated heterocycles. The van der Waals surface area contributed by atoms with Gasteiger partial charge in [0, 0.05) is 38.6 Å². The van der Waals surface area contributed by atoms with E-state index in [0.717, 1.165) is 17.8 Å². The second-order valence-electron chi connectivity index (χ2n) is 21.5. The van der Waals surface area contributed by atoms with Gasteiger partial charge in [-0.15, -0.1) is 0 Å². The molecule has 0 amide bonds. The van der Waals surface area contributed by atoms with E-state index in [4.69, 9.17) is 0 Å². The Morgan fingerprint density at radius 3 is 1.88 bits per heavy atom. The minimum atomic E-state index is -0.263. The Hall–Kier alpha value is -8.46. The third-order valence-corrected chi connectivity index (χ3v) is 17.3. The van der Waals surface area contributed by atoms with Gasteiger partial charge < -0.3 is 9.47 Å². The number of aromatic nitrogens is 1. The van der Waals surface area contributed by atoms with Gasteiger partial charge in [0.2, 0.25) is 0 Å². The van der Waals surface area contributed by atoms with Crippen LogP contribution in [0.2, 0.25) is 0 Å². The van der Waals surface area contributed by atoms with Gasteiger partial charge in [-0.25, -0.2) is 0 Å². The van der Waals surface area contributed by atoms with Gasteiger partial charge in [-0.1, -0.05) is 214 Å². The summed E-state index contributed by atoms with van der Waals surface area (Å²) in [5.74, 6) is 0.928. The number of hydrogen-bond donors (Lipinski definition) is 0. The second-order valence-corrected chi connectivity index (χ2v) is 21.5. The lowest BCUT2D eigenvalue weighted by Crippen LogP contribution is -2.35. The van der Waals surface area contributed by atoms with Gasteiger partial charge in [0.15, 0.2) is 0 Å². The molecule has 75 heavy (non-hydrogen) atoms. The fraction of sp³-hybridized carbons (Fsp3) is 0.151. The van der Waals surface area contributed by atoms with E-state index in [1.807, 2.05) is 0 Å². The van der Waals surface area contributed by atoms with Gasteiger partial charge in [0.1, 0.15) is 0 Å². The molecule has 0 aliphatic heterocycles. The number of benzene rings is 10. The molecule has 3 aliphatic rings. The van der Waals surface area contributed by atoms with E-state index in [9.17, 15) is 0 Å². The molecule has 0 bridgehead atoms. The van der Waals surface area contributed by atoms with Crippen LogP contribution in [-0.2, 0) is 5.41 Å². The van der Waals surface area contributed by atoms with Gasteiger partial charge >= 0.3 is 0 Å². The van der Waals surface area contributed by atoms with Crippen molar-refractivity contribution in [3.8, 4) is 39.1 Å². The van der Waals surface area contributed by atoms with Crippen LogP contribution in [0.3, 0.4) is 0 Å². The van der Waals surface area contributed by atoms with Crippen molar-refractivity contribution in [3.63, 3.8) is 0 Å². The first-order chi connectivity index (χ1) is 37.0. The quantitative estimate of drug-likeness (QED) is 0.140. The average Bonchev–Trinajstić information content (AvgIpc) is 3.97. The standard InChI is InChI=1S/C73H60N2/c1-49-36-47-69-72(64-30-14-17-35-68(64)75(69)56-26-10-5-11-27-56)70(49)53-39-44-58(45-40-53)74(67-34-16-13-29-62(67)63-32-19-23-52-22-18-31-59(71(52)63)51-20-6-3-7-21-51)57-42-37-50(38-43-57)54-41-46-61-60-28-12-15-33-65(60)73(2,66(61)48-54)55-24-8-4-9-25-55/h4-5,8-19,22-35,37-49,51H,3,6-7,20-21,36H2,1-2H3. The van der Waals surface area contributed by atoms with Crippen molar-refractivity contribution >= 4 is 50.4 Å². The Balaban J connectivity index is 0.924. The highest BCUT2D eigenvalue weighted by atomic mass is 15.1. The second kappa shape index (κ2) is 18.5. The molecular weight excluding hydrogens is 905 g/mol. The van der Waals surface area contributed by atoms with Gasteiger partial charge in [0.25, 0.3) is 0 Å². The van der Waals surface area contributed by atoms with Crippen molar-refractivity contribution < 1.29 is 0 Å². The Morgan fingerprint density at radius 1 is 0.493 bits per heavy atom. The zero-order valence-corrected chi connectivity index (χ0v) is 42.9. The van der Waals surface area contributed by atoms with Gasteiger partial charge in [-0.3, -0.25) is 0 Å². The maximum absolute atomic E-state index is 2.51. The molecule has 2 heteroatoms. The first-order valence-corrected chi connectivity index (χ1v) is 27.3. The third-order valence-electron chi connectivity index (χ3n) is 17.3. The lowest BCUT2D eigenvalue weighted by Gasteiger charge is -2.30. The Bertz CT molecular complexity index is 4080. The van der Waals surface area contributed by atoms with Crippen LogP contribution in [0.4, 0.5) is 17.1 Å². The molecule has 3 aliphatic carbocycles. The maximum atomic E-state index is 2.51. The Morgan fingerprint density at radius 2 is 1.11 bits per heavy atom. The van der Waals surface area contributed by atoms with E-state index in [1.54, 1.807) is 0 Å². The summed E-state index contributed by atoms with van der Waals surface area (Å²) in [5, 5.41) is 6.65. The van der Waals surface area contributed by atoms with Crippen molar-refractivity contribution in [3.05, 3.63) is 275 Å². The highest BCUT2D eigenvalue weighted by Crippen LogP contribution is 2.53. The number of fused-ring (bicyclic) bond motifs is 7. The van der Waals surface area contributed by atoms with Crippen LogP contribution in [0.15, 0.2) is 237 Å². The van der Waals surface area contributed by atoms with Crippen molar-refractivity contribution in [1.82, 2.24) is 4.57 Å². The van der Waals surface area contributed by atoms with Crippen LogP contribution >= 0.6 is 0 Å². The third kappa shape index (κ3) is 7.44. The zero-order chi connectivity index (χ0) is 50.0. The molecule has 11 aromatic rings. The van der Waals surface area contributed by atoms with Crippen LogP contribution in [0.1, 0.15) is 86.1 Å². The Kier molecular flexibility index (Phi) is 11.1. The van der Waals surface area contributed by atoms with E-state index in [1.165, 1.54) is 142 Å². The molecule has 2 atom stereocenters. The zero-order valence-electron chi connectivity index (χ0n) is 42.9. The van der Waals surface area contributed by atoms with E-state index in [0.29, 0.717) is 11.8 Å². The van der Waals surface area contributed by atoms with Crippen molar-refractivity contribution in [2.24, 2.45) is 5.92 Å². The highest BCUT2D eigenvalue weighted by molar-refractivity contribution is 6.03. The first kappa shape index (κ1) is 45.2. The molecular formula is C73H60N2. The van der Waals surface area contributed by atoms with Crippen LogP contribution in [0, 0.1) is 5.92 Å². The molecule has 0 spiro atoms. The summed E-state index contributed by atoms with van der Waals surface area (Å²) in [6.07, 6.45) is 9.90. The number of hydrogen-bond acceptors (Lipinski definition) is 1. The van der Waals surface area contributed by atoms with Gasteiger partial charge in [0.05, 0.1) is 16.6 Å². The Labute approximate surface area is 441 Å². The normalized spacial score (nSPS) is 17.1. The smallest absolute Gasteiger partial charge is 0.0541 e. The number of nitrogens with zero attached hydrogens (tertiary/aromatic N) is 2. The first-order valence-electron chi connectivity index (χ1n) is 27.3. The summed E-state index contributed by atoms with van der Waals surface area (Å²) in [6, 6.07) is 88.9. The monoisotopic (exact) mass is 964 g/mol. The predicted octanol–water partition coefficient (Wildman–Crippen LogP) is 18.0. The largest absolute Gasteiger partial charge is 0.310 e. The van der Waals surface area contributed by atoms with E-state index >= 15 is 0 Å². The predicted molar refractivity (Wildman–Crippen MR) is 316 cm³/mol. The fourth-order valence-electron chi connectivity index (χ4n) is 13.7. The highest BCUT2D eigenvalue weighted by Gasteiger charge is 2.40. The molecule has 362 valence electrons. The average molecular weight is 965 g/mol. The van der Waals surface area contributed by atoms with Crippen molar-refractivity contribution in [2.45, 2.75) is 63.7 Å². The molecule has 0 radical (unpaired) electrons. The van der Waals surface area contributed by atoms with E-state index in [2.05, 4.69) is 266 Å². The lowest BCUT2D eigenvalue weighted by molar-refractivity contribution is 0.445. The molecule has 1 fully saturated rings. The summed E-state index contributed by atoms with van der Waals surface area (Å²) in [5.41, 5.74) is 21.4. The molecule has 2 unspecified atom stereocenters. The van der Waals surface area contributed by atoms with Crippen molar-refractivity contribution in [1.29, 1.82) is 0 Å². The number of para-hydroxylation sites is 3. The van der Waals surface area contributed by atoms with Gasteiger partial charge in [-0.2, -0.15) is 0 Å². The molecule has 1 aromatic heterocycles. The van der Waals surface area contributed by atoms with Crippen LogP contribution in [0.5, 0.6) is 0 Å². The summed E-state index contributed by atoms with van der Waals surface area (Å²) in [4.78, 5) is 2.51. The molecule has 10 aromatic carbocycles. The molecule has 0 N–H and O–H groups in total. The van der Waals surface area contributed by atoms with Crippen LogP contribution in [0.25, 0.3) is 72.4 Å². The molecule has 1 heterocycles. The SMILES string of the molecule is CC1CC=c2c(c3ccccc3n2-c2ccccc2)=C1c1ccc(N(c2ccc(-c3ccc4c(c3)C(C)(c3ccccc3)c3ccccc3-4)cc2)c2ccccc2-c2cccc3cccc(C4CCCCC4)c23)cc1. The number of rotatable bonds is 9. The maximum Gasteiger partial charge on any atom is 0.0541 e. The molecule has 1 saturated carbocycles. The minimum Gasteiger partial charge on any atom is -0.310 e. The summed E-state index contributed by atoms with van der Waals surface area (Å²) < 4.78 is 2.46. The summed E-state index contributed by atoms with van der Waals surface area (Å²) >= 11 is 0. The summed E-state index contributed by atoms with van der Waals surface area (Å²) in [6.45, 7) is 4.80. The van der Waals surface area contributed by atoms with E-state index < -0.39 is 0 Å². The molecule has 2 nitrogen and oxygen atoms in total.